The fourth-order valence-corrected chi connectivity index (χ4v) is 7.27. The molecule has 2 heterocycles. The number of rotatable bonds is 4. The van der Waals surface area contributed by atoms with Crippen LogP contribution in [0.1, 0.15) is 0 Å². The lowest BCUT2D eigenvalue weighted by Crippen LogP contribution is -2.10. The Kier molecular flexibility index (Phi) is 5.57. The molecule has 0 spiro atoms. The van der Waals surface area contributed by atoms with Crippen LogP contribution in [0.3, 0.4) is 0 Å². The van der Waals surface area contributed by atoms with Crippen LogP contribution in [0.5, 0.6) is 0 Å². The van der Waals surface area contributed by atoms with Crippen LogP contribution in [0.15, 0.2) is 173 Å². The summed E-state index contributed by atoms with van der Waals surface area (Å²) in [7, 11) is 0. The highest BCUT2D eigenvalue weighted by molar-refractivity contribution is 6.17. The third-order valence-corrected chi connectivity index (χ3v) is 9.45. The normalized spacial score (nSPS) is 11.8. The van der Waals surface area contributed by atoms with E-state index in [4.69, 9.17) is 8.83 Å². The number of hydrogen-bond acceptors (Lipinski definition) is 3. The van der Waals surface area contributed by atoms with Gasteiger partial charge in [0, 0.05) is 32.9 Å². The SMILES string of the molecule is c1ccc2c(-c3ccc(N(c4ccc5ccc6c7ccccc7oc6c5c4)c4cccc5oc6ccccc6c45)cc3)cccc2c1. The van der Waals surface area contributed by atoms with Crippen molar-refractivity contribution in [3.63, 3.8) is 0 Å². The molecule has 2 aromatic heterocycles. The van der Waals surface area contributed by atoms with Gasteiger partial charge >= 0.3 is 0 Å². The Hall–Kier alpha value is -6.32. The Bertz CT molecular complexity index is 2800. The smallest absolute Gasteiger partial charge is 0.143 e. The maximum Gasteiger partial charge on any atom is 0.143 e. The summed E-state index contributed by atoms with van der Waals surface area (Å²) in [5.74, 6) is 0. The second kappa shape index (κ2) is 10.1. The van der Waals surface area contributed by atoms with Gasteiger partial charge in [-0.15, -0.1) is 0 Å². The van der Waals surface area contributed by atoms with Gasteiger partial charge in [0.2, 0.25) is 0 Å². The van der Waals surface area contributed by atoms with E-state index in [1.54, 1.807) is 0 Å². The molecule has 10 rings (SSSR count). The standard InChI is InChI=1S/C44H27NO2/c1-2-11-33-28(9-1)10-7-14-34(33)29-19-23-31(24-20-29)45(39-15-8-18-42-43(39)37-13-4-6-17-41(37)46-42)32-25-21-30-22-26-36-35-12-3-5-16-40(35)47-44(36)38(30)27-32/h1-27H. The molecule has 0 saturated carbocycles. The molecule has 3 heteroatoms. The highest BCUT2D eigenvalue weighted by Gasteiger charge is 2.21. The summed E-state index contributed by atoms with van der Waals surface area (Å²) in [6, 6.07) is 57.9. The van der Waals surface area contributed by atoms with Crippen molar-refractivity contribution in [2.75, 3.05) is 4.90 Å². The van der Waals surface area contributed by atoms with Crippen molar-refractivity contribution in [2.24, 2.45) is 0 Å². The monoisotopic (exact) mass is 601 g/mol. The van der Waals surface area contributed by atoms with Gasteiger partial charge in [0.15, 0.2) is 0 Å². The lowest BCUT2D eigenvalue weighted by Gasteiger charge is -2.27. The van der Waals surface area contributed by atoms with Crippen molar-refractivity contribution < 1.29 is 8.83 Å². The third-order valence-electron chi connectivity index (χ3n) is 9.45. The van der Waals surface area contributed by atoms with Crippen molar-refractivity contribution >= 4 is 82.5 Å². The number of furan rings is 2. The zero-order chi connectivity index (χ0) is 30.9. The summed E-state index contributed by atoms with van der Waals surface area (Å²) < 4.78 is 12.8. The van der Waals surface area contributed by atoms with Crippen LogP contribution in [0.25, 0.3) is 76.5 Å². The largest absolute Gasteiger partial charge is 0.456 e. The summed E-state index contributed by atoms with van der Waals surface area (Å²) in [5.41, 5.74) is 9.11. The Morgan fingerprint density at radius 3 is 1.89 bits per heavy atom. The predicted molar refractivity (Wildman–Crippen MR) is 196 cm³/mol. The lowest BCUT2D eigenvalue weighted by molar-refractivity contribution is 0.669. The van der Waals surface area contributed by atoms with Crippen molar-refractivity contribution in [3.8, 4) is 11.1 Å². The molecule has 0 atom stereocenters. The predicted octanol–water partition coefficient (Wildman–Crippen LogP) is 12.9. The molecular weight excluding hydrogens is 574 g/mol. The number of fused-ring (bicyclic) bond motifs is 9. The van der Waals surface area contributed by atoms with Crippen LogP contribution >= 0.6 is 0 Å². The minimum atomic E-state index is 0.863. The molecule has 0 aliphatic rings. The molecule has 0 fully saturated rings. The first-order valence-electron chi connectivity index (χ1n) is 15.9. The molecule has 0 aliphatic carbocycles. The number of para-hydroxylation sites is 2. The third kappa shape index (κ3) is 4.00. The van der Waals surface area contributed by atoms with E-state index in [9.17, 15) is 0 Å². The summed E-state index contributed by atoms with van der Waals surface area (Å²) in [4.78, 5) is 2.35. The van der Waals surface area contributed by atoms with Crippen LogP contribution in [-0.4, -0.2) is 0 Å². The van der Waals surface area contributed by atoms with Gasteiger partial charge in [-0.3, -0.25) is 0 Å². The van der Waals surface area contributed by atoms with Crippen molar-refractivity contribution in [2.45, 2.75) is 0 Å². The summed E-state index contributed by atoms with van der Waals surface area (Å²) >= 11 is 0. The van der Waals surface area contributed by atoms with Crippen molar-refractivity contribution in [3.05, 3.63) is 164 Å². The van der Waals surface area contributed by atoms with E-state index in [0.29, 0.717) is 0 Å². The first-order chi connectivity index (χ1) is 23.3. The summed E-state index contributed by atoms with van der Waals surface area (Å²) in [6.45, 7) is 0. The van der Waals surface area contributed by atoms with Crippen molar-refractivity contribution in [1.29, 1.82) is 0 Å². The van der Waals surface area contributed by atoms with E-state index in [-0.39, 0.29) is 0 Å². The number of benzene rings is 8. The maximum absolute atomic E-state index is 6.49. The van der Waals surface area contributed by atoms with E-state index in [0.717, 1.165) is 71.7 Å². The van der Waals surface area contributed by atoms with Gasteiger partial charge in [0.25, 0.3) is 0 Å². The minimum absolute atomic E-state index is 0.863. The molecular formula is C44H27NO2. The van der Waals surface area contributed by atoms with Gasteiger partial charge in [-0.05, 0) is 81.9 Å². The molecule has 0 unspecified atom stereocenters. The molecule has 0 saturated heterocycles. The van der Waals surface area contributed by atoms with Gasteiger partial charge in [0.05, 0.1) is 11.1 Å². The fraction of sp³-hybridized carbons (Fsp3) is 0. The molecule has 10 aromatic rings. The Balaban J connectivity index is 1.22. The average Bonchev–Trinajstić information content (AvgIpc) is 3.71. The van der Waals surface area contributed by atoms with Gasteiger partial charge < -0.3 is 13.7 Å². The molecule has 8 aromatic carbocycles. The van der Waals surface area contributed by atoms with Crippen LogP contribution in [0.2, 0.25) is 0 Å². The molecule has 47 heavy (non-hydrogen) atoms. The molecule has 0 radical (unpaired) electrons. The summed E-state index contributed by atoms with van der Waals surface area (Å²) in [5, 5.41) is 9.14. The zero-order valence-corrected chi connectivity index (χ0v) is 25.4. The molecule has 220 valence electrons. The van der Waals surface area contributed by atoms with E-state index in [1.165, 1.54) is 21.9 Å². The quantitative estimate of drug-likeness (QED) is 0.201. The van der Waals surface area contributed by atoms with E-state index in [2.05, 4.69) is 144 Å². The number of nitrogens with zero attached hydrogens (tertiary/aromatic N) is 1. The average molecular weight is 602 g/mol. The van der Waals surface area contributed by atoms with E-state index < -0.39 is 0 Å². The molecule has 0 aliphatic heterocycles. The second-order valence-electron chi connectivity index (χ2n) is 12.1. The highest BCUT2D eigenvalue weighted by Crippen LogP contribution is 2.45. The van der Waals surface area contributed by atoms with Crippen LogP contribution in [-0.2, 0) is 0 Å². The van der Waals surface area contributed by atoms with Crippen LogP contribution in [0, 0.1) is 0 Å². The zero-order valence-electron chi connectivity index (χ0n) is 25.4. The van der Waals surface area contributed by atoms with Crippen LogP contribution in [0.4, 0.5) is 17.1 Å². The maximum atomic E-state index is 6.49. The number of hydrogen-bond donors (Lipinski definition) is 0. The van der Waals surface area contributed by atoms with E-state index >= 15 is 0 Å². The fourth-order valence-electron chi connectivity index (χ4n) is 7.27. The second-order valence-corrected chi connectivity index (χ2v) is 12.1. The minimum Gasteiger partial charge on any atom is -0.456 e. The summed E-state index contributed by atoms with van der Waals surface area (Å²) in [6.07, 6.45) is 0. The first kappa shape index (κ1) is 26.0. The van der Waals surface area contributed by atoms with Gasteiger partial charge in [0.1, 0.15) is 22.3 Å². The van der Waals surface area contributed by atoms with Gasteiger partial charge in [-0.25, -0.2) is 0 Å². The Morgan fingerprint density at radius 2 is 1.02 bits per heavy atom. The number of anilines is 3. The lowest BCUT2D eigenvalue weighted by atomic mass is 9.98. The molecule has 0 amide bonds. The van der Waals surface area contributed by atoms with Gasteiger partial charge in [-0.2, -0.15) is 0 Å². The molecule has 3 nitrogen and oxygen atoms in total. The molecule has 0 bridgehead atoms. The first-order valence-corrected chi connectivity index (χ1v) is 15.9. The van der Waals surface area contributed by atoms with Gasteiger partial charge in [-0.1, -0.05) is 109 Å². The van der Waals surface area contributed by atoms with Crippen LogP contribution < -0.4 is 4.90 Å². The van der Waals surface area contributed by atoms with Crippen molar-refractivity contribution in [1.82, 2.24) is 0 Å². The molecule has 0 N–H and O–H groups in total. The Labute approximate surface area is 270 Å². The topological polar surface area (TPSA) is 29.5 Å². The van der Waals surface area contributed by atoms with E-state index in [1.807, 2.05) is 24.3 Å². The highest BCUT2D eigenvalue weighted by atomic mass is 16.3. The Morgan fingerprint density at radius 1 is 0.383 bits per heavy atom.